The van der Waals surface area contributed by atoms with Crippen molar-refractivity contribution >= 4 is 45.6 Å². The first-order chi connectivity index (χ1) is 12.8. The molecule has 0 unspecified atom stereocenters. The zero-order chi connectivity index (χ0) is 20.0. The van der Waals surface area contributed by atoms with Gasteiger partial charge in [0.25, 0.3) is 11.6 Å². The summed E-state index contributed by atoms with van der Waals surface area (Å²) in [5.74, 6) is -1.73. The molecule has 0 bridgehead atoms. The van der Waals surface area contributed by atoms with Crippen molar-refractivity contribution in [2.75, 3.05) is 24.4 Å². The molecular formula is C15H14N4O7S. The molecule has 1 heterocycles. The van der Waals surface area contributed by atoms with Crippen LogP contribution in [0.2, 0.25) is 0 Å². The van der Waals surface area contributed by atoms with Gasteiger partial charge in [-0.15, -0.1) is 11.3 Å². The third-order valence-electron chi connectivity index (χ3n) is 3.01. The molecule has 12 heteroatoms. The van der Waals surface area contributed by atoms with Gasteiger partial charge in [0.05, 0.1) is 18.1 Å². The predicted molar refractivity (Wildman–Crippen MR) is 95.0 cm³/mol. The van der Waals surface area contributed by atoms with E-state index in [-0.39, 0.29) is 33.9 Å². The van der Waals surface area contributed by atoms with Crippen LogP contribution in [0.15, 0.2) is 23.6 Å². The number of benzene rings is 1. The Balaban J connectivity index is 1.96. The van der Waals surface area contributed by atoms with E-state index in [1.165, 1.54) is 31.5 Å². The monoisotopic (exact) mass is 394 g/mol. The fourth-order valence-corrected chi connectivity index (χ4v) is 2.59. The Hall–Kier alpha value is -3.54. The van der Waals surface area contributed by atoms with Crippen molar-refractivity contribution in [1.29, 1.82) is 0 Å². The van der Waals surface area contributed by atoms with Crippen molar-refractivity contribution in [2.45, 2.75) is 6.92 Å². The summed E-state index contributed by atoms with van der Waals surface area (Å²) in [6, 6.07) is 3.89. The number of esters is 1. The Morgan fingerprint density at radius 2 is 2.04 bits per heavy atom. The van der Waals surface area contributed by atoms with E-state index in [4.69, 9.17) is 9.47 Å². The molecule has 1 aromatic carbocycles. The first kappa shape index (κ1) is 19.8. The molecule has 11 nitrogen and oxygen atoms in total. The number of hydrogen-bond donors (Lipinski definition) is 2. The number of nitrogens with one attached hydrogen (secondary N) is 2. The van der Waals surface area contributed by atoms with Gasteiger partial charge in [0.1, 0.15) is 11.4 Å². The van der Waals surface area contributed by atoms with Crippen LogP contribution in [-0.4, -0.2) is 41.4 Å². The van der Waals surface area contributed by atoms with E-state index in [0.717, 1.165) is 17.4 Å². The number of thiazole rings is 1. The van der Waals surface area contributed by atoms with E-state index in [2.05, 4.69) is 15.6 Å². The van der Waals surface area contributed by atoms with Crippen LogP contribution in [0.25, 0.3) is 0 Å². The standard InChI is InChI=1S/C15H14N4O7S/c1-8(20)16-15-18-11(7-27-15)14(22)26-6-13(21)17-10-4-3-9(25-2)5-12(10)19(23)24/h3-5,7H,6H2,1-2H3,(H,17,21)(H,16,18,20). The summed E-state index contributed by atoms with van der Waals surface area (Å²) >= 11 is 1.02. The maximum Gasteiger partial charge on any atom is 0.358 e. The molecule has 0 aliphatic rings. The molecule has 27 heavy (non-hydrogen) atoms. The van der Waals surface area contributed by atoms with Gasteiger partial charge in [-0.25, -0.2) is 9.78 Å². The molecule has 0 atom stereocenters. The number of anilines is 2. The lowest BCUT2D eigenvalue weighted by Crippen LogP contribution is -2.21. The molecule has 0 radical (unpaired) electrons. The van der Waals surface area contributed by atoms with Gasteiger partial charge >= 0.3 is 5.97 Å². The highest BCUT2D eigenvalue weighted by atomic mass is 32.1. The van der Waals surface area contributed by atoms with Crippen LogP contribution < -0.4 is 15.4 Å². The summed E-state index contributed by atoms with van der Waals surface area (Å²) < 4.78 is 9.71. The van der Waals surface area contributed by atoms with Gasteiger partial charge in [-0.2, -0.15) is 0 Å². The number of rotatable bonds is 7. The highest BCUT2D eigenvalue weighted by molar-refractivity contribution is 7.14. The minimum absolute atomic E-state index is 0.0662. The Morgan fingerprint density at radius 1 is 1.30 bits per heavy atom. The average molecular weight is 394 g/mol. The van der Waals surface area contributed by atoms with Crippen LogP contribution in [0.4, 0.5) is 16.5 Å². The van der Waals surface area contributed by atoms with Gasteiger partial charge in [0.15, 0.2) is 17.4 Å². The molecular weight excluding hydrogens is 380 g/mol. The highest BCUT2D eigenvalue weighted by Crippen LogP contribution is 2.28. The Kier molecular flexibility index (Phi) is 6.38. The molecule has 0 saturated carbocycles. The lowest BCUT2D eigenvalue weighted by atomic mass is 10.2. The molecule has 2 rings (SSSR count). The first-order valence-electron chi connectivity index (χ1n) is 7.32. The van der Waals surface area contributed by atoms with Crippen molar-refractivity contribution < 1.29 is 28.8 Å². The van der Waals surface area contributed by atoms with Crippen LogP contribution >= 0.6 is 11.3 Å². The minimum Gasteiger partial charge on any atom is -0.496 e. The molecule has 2 amide bonds. The van der Waals surface area contributed by atoms with Crippen LogP contribution in [0.1, 0.15) is 17.4 Å². The van der Waals surface area contributed by atoms with E-state index < -0.39 is 23.4 Å². The van der Waals surface area contributed by atoms with E-state index >= 15 is 0 Å². The number of carbonyl (C=O) groups excluding carboxylic acids is 3. The van der Waals surface area contributed by atoms with Gasteiger partial charge < -0.3 is 20.1 Å². The number of aromatic nitrogens is 1. The second kappa shape index (κ2) is 8.71. The third-order valence-corrected chi connectivity index (χ3v) is 3.76. The number of amides is 2. The molecule has 0 aliphatic carbocycles. The molecule has 1 aromatic heterocycles. The summed E-state index contributed by atoms with van der Waals surface area (Å²) in [5.41, 5.74) is -0.510. The Labute approximate surface area is 156 Å². The van der Waals surface area contributed by atoms with Crippen LogP contribution in [0.3, 0.4) is 0 Å². The lowest BCUT2D eigenvalue weighted by Gasteiger charge is -2.07. The fourth-order valence-electron chi connectivity index (χ4n) is 1.86. The SMILES string of the molecule is COc1ccc(NC(=O)COC(=O)c2csc(NC(C)=O)n2)c([N+](=O)[O-])c1. The number of methoxy groups -OCH3 is 1. The van der Waals surface area contributed by atoms with Gasteiger partial charge in [-0.3, -0.25) is 19.7 Å². The Morgan fingerprint density at radius 3 is 2.67 bits per heavy atom. The summed E-state index contributed by atoms with van der Waals surface area (Å²) in [4.78, 5) is 48.9. The average Bonchev–Trinajstić information content (AvgIpc) is 3.07. The van der Waals surface area contributed by atoms with Crippen LogP contribution in [-0.2, 0) is 14.3 Å². The number of nitro benzene ring substituents is 1. The molecule has 0 spiro atoms. The van der Waals surface area contributed by atoms with E-state index in [1.54, 1.807) is 0 Å². The normalized spacial score (nSPS) is 10.0. The van der Waals surface area contributed by atoms with Gasteiger partial charge in [-0.1, -0.05) is 0 Å². The molecule has 2 aromatic rings. The molecule has 2 N–H and O–H groups in total. The zero-order valence-corrected chi connectivity index (χ0v) is 15.0. The second-order valence-corrected chi connectivity index (χ2v) is 5.84. The second-order valence-electron chi connectivity index (χ2n) is 4.98. The van der Waals surface area contributed by atoms with Crippen LogP contribution in [0, 0.1) is 10.1 Å². The van der Waals surface area contributed by atoms with Gasteiger partial charge in [0.2, 0.25) is 5.91 Å². The summed E-state index contributed by atoms with van der Waals surface area (Å²) in [6.45, 7) is 0.622. The number of ether oxygens (including phenoxy) is 2. The van der Waals surface area contributed by atoms with E-state index in [0.29, 0.717) is 0 Å². The first-order valence-corrected chi connectivity index (χ1v) is 8.20. The Bertz CT molecular complexity index is 896. The van der Waals surface area contributed by atoms with Crippen molar-refractivity contribution in [3.8, 4) is 5.75 Å². The van der Waals surface area contributed by atoms with Crippen LogP contribution in [0.5, 0.6) is 5.75 Å². The summed E-state index contributed by atoms with van der Waals surface area (Å²) in [5, 5.41) is 17.4. The van der Waals surface area contributed by atoms with Crippen molar-refractivity contribution in [2.24, 2.45) is 0 Å². The molecule has 142 valence electrons. The maximum atomic E-state index is 11.9. The quantitative estimate of drug-likeness (QED) is 0.410. The third kappa shape index (κ3) is 5.47. The number of hydrogen-bond acceptors (Lipinski definition) is 9. The van der Waals surface area contributed by atoms with Crippen molar-refractivity contribution in [1.82, 2.24) is 4.98 Å². The van der Waals surface area contributed by atoms with Gasteiger partial charge in [-0.05, 0) is 12.1 Å². The van der Waals surface area contributed by atoms with Gasteiger partial charge in [0, 0.05) is 12.3 Å². The highest BCUT2D eigenvalue weighted by Gasteiger charge is 2.19. The minimum atomic E-state index is -0.873. The number of carbonyl (C=O) groups is 3. The molecule has 0 saturated heterocycles. The zero-order valence-electron chi connectivity index (χ0n) is 14.2. The smallest absolute Gasteiger partial charge is 0.358 e. The summed E-state index contributed by atoms with van der Waals surface area (Å²) in [7, 11) is 1.35. The van der Waals surface area contributed by atoms with E-state index in [9.17, 15) is 24.5 Å². The molecule has 0 fully saturated rings. The predicted octanol–water partition coefficient (Wildman–Crippen LogP) is 1.81. The number of nitrogens with zero attached hydrogens (tertiary/aromatic N) is 2. The topological polar surface area (TPSA) is 150 Å². The van der Waals surface area contributed by atoms with Crippen molar-refractivity contribution in [3.63, 3.8) is 0 Å². The molecule has 0 aliphatic heterocycles. The van der Waals surface area contributed by atoms with Crippen molar-refractivity contribution in [3.05, 3.63) is 39.4 Å². The fraction of sp³-hybridized carbons (Fsp3) is 0.200. The number of nitro groups is 1. The van der Waals surface area contributed by atoms with E-state index in [1.807, 2.05) is 0 Å². The lowest BCUT2D eigenvalue weighted by molar-refractivity contribution is -0.384. The largest absolute Gasteiger partial charge is 0.496 e. The summed E-state index contributed by atoms with van der Waals surface area (Å²) in [6.07, 6.45) is 0. The maximum absolute atomic E-state index is 11.9.